The Morgan fingerprint density at radius 2 is 1.84 bits per heavy atom. The Hall–Kier alpha value is -2.41. The van der Waals surface area contributed by atoms with Gasteiger partial charge in [0.1, 0.15) is 0 Å². The maximum atomic E-state index is 4.33. The molecule has 96 valence electrons. The zero-order valence-electron chi connectivity index (χ0n) is 11.3. The lowest BCUT2D eigenvalue weighted by Gasteiger charge is -2.00. The molecule has 0 fully saturated rings. The van der Waals surface area contributed by atoms with Crippen LogP contribution >= 0.6 is 0 Å². The van der Waals surface area contributed by atoms with E-state index in [0.29, 0.717) is 0 Å². The van der Waals surface area contributed by atoms with Crippen molar-refractivity contribution in [2.75, 3.05) is 0 Å². The topological polar surface area (TPSA) is 12.9 Å². The second kappa shape index (κ2) is 7.83. The molecule has 0 spiro atoms. The van der Waals surface area contributed by atoms with Crippen LogP contribution in [0.15, 0.2) is 80.1 Å². The lowest BCUT2D eigenvalue weighted by Crippen LogP contribution is -1.81. The van der Waals surface area contributed by atoms with Gasteiger partial charge >= 0.3 is 0 Å². The van der Waals surface area contributed by atoms with Gasteiger partial charge in [-0.2, -0.15) is 0 Å². The number of hydrogen-bond acceptors (Lipinski definition) is 1. The van der Waals surface area contributed by atoms with Crippen LogP contribution < -0.4 is 0 Å². The van der Waals surface area contributed by atoms with Crippen LogP contribution in [-0.4, -0.2) is 4.98 Å². The summed E-state index contributed by atoms with van der Waals surface area (Å²) in [6, 6.07) is 10.2. The first kappa shape index (κ1) is 14.7. The Labute approximate surface area is 115 Å². The second-order valence-corrected chi connectivity index (χ2v) is 3.83. The molecule has 0 saturated carbocycles. The minimum absolute atomic E-state index is 0.994. The van der Waals surface area contributed by atoms with Crippen LogP contribution in [-0.2, 0) is 0 Å². The molecule has 0 aliphatic heterocycles. The van der Waals surface area contributed by atoms with Crippen molar-refractivity contribution in [3.8, 4) is 0 Å². The van der Waals surface area contributed by atoms with Gasteiger partial charge < -0.3 is 0 Å². The van der Waals surface area contributed by atoms with Crippen molar-refractivity contribution in [1.29, 1.82) is 0 Å². The van der Waals surface area contributed by atoms with Crippen molar-refractivity contribution in [3.05, 3.63) is 85.6 Å². The van der Waals surface area contributed by atoms with E-state index in [1.54, 1.807) is 0 Å². The minimum atomic E-state index is 0.994. The highest BCUT2D eigenvalue weighted by Crippen LogP contribution is 2.17. The highest BCUT2D eigenvalue weighted by atomic mass is 14.6. The molecule has 1 aromatic carbocycles. The SMILES string of the molecule is C=C.C=C(/C=C\C)/C=C/c1ccnc2ccccc12. The van der Waals surface area contributed by atoms with Crippen molar-refractivity contribution in [1.82, 2.24) is 4.98 Å². The lowest BCUT2D eigenvalue weighted by atomic mass is 10.1. The van der Waals surface area contributed by atoms with Crippen molar-refractivity contribution >= 4 is 17.0 Å². The molecule has 0 N–H and O–H groups in total. The van der Waals surface area contributed by atoms with Gasteiger partial charge in [0.25, 0.3) is 0 Å². The Balaban J connectivity index is 0.000000861. The summed E-state index contributed by atoms with van der Waals surface area (Å²) in [7, 11) is 0. The number of nitrogens with zero attached hydrogens (tertiary/aromatic N) is 1. The molecule has 1 aromatic heterocycles. The van der Waals surface area contributed by atoms with Crippen LogP contribution in [0.5, 0.6) is 0 Å². The molecular weight excluding hydrogens is 230 g/mol. The van der Waals surface area contributed by atoms with Gasteiger partial charge in [-0.15, -0.1) is 13.2 Å². The predicted molar refractivity (Wildman–Crippen MR) is 86.0 cm³/mol. The smallest absolute Gasteiger partial charge is 0.0707 e. The molecule has 0 aliphatic rings. The maximum Gasteiger partial charge on any atom is 0.0707 e. The van der Waals surface area contributed by atoms with Gasteiger partial charge in [-0.25, -0.2) is 0 Å². The first-order valence-corrected chi connectivity index (χ1v) is 6.14. The van der Waals surface area contributed by atoms with Crippen LogP contribution in [0.3, 0.4) is 0 Å². The Morgan fingerprint density at radius 1 is 1.11 bits per heavy atom. The third-order valence-electron chi connectivity index (χ3n) is 2.54. The van der Waals surface area contributed by atoms with E-state index in [1.807, 2.05) is 55.6 Å². The van der Waals surface area contributed by atoms with Gasteiger partial charge in [0, 0.05) is 11.6 Å². The molecule has 0 saturated heterocycles. The monoisotopic (exact) mass is 249 g/mol. The zero-order chi connectivity index (χ0) is 14.1. The number of hydrogen-bond donors (Lipinski definition) is 0. The Morgan fingerprint density at radius 3 is 2.58 bits per heavy atom. The largest absolute Gasteiger partial charge is 0.256 e. The van der Waals surface area contributed by atoms with Gasteiger partial charge in [-0.05, 0) is 30.2 Å². The van der Waals surface area contributed by atoms with E-state index in [4.69, 9.17) is 0 Å². The van der Waals surface area contributed by atoms with Gasteiger partial charge in [0.15, 0.2) is 0 Å². The number of para-hydroxylation sites is 1. The van der Waals surface area contributed by atoms with E-state index >= 15 is 0 Å². The van der Waals surface area contributed by atoms with E-state index in [0.717, 1.165) is 11.1 Å². The fourth-order valence-corrected chi connectivity index (χ4v) is 1.73. The van der Waals surface area contributed by atoms with Crippen molar-refractivity contribution in [2.24, 2.45) is 0 Å². The van der Waals surface area contributed by atoms with Crippen LogP contribution in [0.1, 0.15) is 12.5 Å². The molecule has 0 bridgehead atoms. The minimum Gasteiger partial charge on any atom is -0.256 e. The van der Waals surface area contributed by atoms with Crippen molar-refractivity contribution in [2.45, 2.75) is 6.92 Å². The van der Waals surface area contributed by atoms with Gasteiger partial charge in [-0.3, -0.25) is 4.98 Å². The third-order valence-corrected chi connectivity index (χ3v) is 2.54. The molecule has 1 heterocycles. The number of pyridine rings is 1. The predicted octanol–water partition coefficient (Wildman–Crippen LogP) is 5.18. The molecule has 1 heteroatoms. The molecule has 2 rings (SSSR count). The summed E-state index contributed by atoms with van der Waals surface area (Å²) in [6.07, 6.45) is 9.89. The molecule has 0 amide bonds. The van der Waals surface area contributed by atoms with E-state index in [9.17, 15) is 0 Å². The summed E-state index contributed by atoms with van der Waals surface area (Å²) in [5.41, 5.74) is 3.18. The van der Waals surface area contributed by atoms with E-state index in [2.05, 4.69) is 36.9 Å². The molecule has 2 aromatic rings. The van der Waals surface area contributed by atoms with Crippen molar-refractivity contribution < 1.29 is 0 Å². The molecule has 1 nitrogen and oxygen atoms in total. The Bertz CT molecular complexity index is 601. The molecule has 0 aliphatic carbocycles. The number of allylic oxidation sites excluding steroid dienone is 4. The summed E-state index contributed by atoms with van der Waals surface area (Å²) >= 11 is 0. The fraction of sp³-hybridized carbons (Fsp3) is 0.0556. The summed E-state index contributed by atoms with van der Waals surface area (Å²) in [6.45, 7) is 11.9. The highest BCUT2D eigenvalue weighted by molar-refractivity contribution is 5.87. The summed E-state index contributed by atoms with van der Waals surface area (Å²) in [5, 5.41) is 1.17. The van der Waals surface area contributed by atoms with Crippen LogP contribution in [0.4, 0.5) is 0 Å². The number of benzene rings is 1. The molecular formula is C18H19N. The fourth-order valence-electron chi connectivity index (χ4n) is 1.73. The number of fused-ring (bicyclic) bond motifs is 1. The Kier molecular flexibility index (Phi) is 6.04. The third kappa shape index (κ3) is 4.07. The van der Waals surface area contributed by atoms with Crippen molar-refractivity contribution in [3.63, 3.8) is 0 Å². The van der Waals surface area contributed by atoms with Gasteiger partial charge in [-0.1, -0.05) is 49.1 Å². The summed E-state index contributed by atoms with van der Waals surface area (Å²) in [4.78, 5) is 4.33. The normalized spacial score (nSPS) is 10.6. The number of aromatic nitrogens is 1. The molecule has 19 heavy (non-hydrogen) atoms. The number of rotatable bonds is 3. The molecule has 0 atom stereocenters. The highest BCUT2D eigenvalue weighted by Gasteiger charge is 1.96. The van der Waals surface area contributed by atoms with Crippen LogP contribution in [0.25, 0.3) is 17.0 Å². The molecule has 0 unspecified atom stereocenters. The quantitative estimate of drug-likeness (QED) is 0.539. The summed E-state index contributed by atoms with van der Waals surface area (Å²) in [5.74, 6) is 0. The van der Waals surface area contributed by atoms with Gasteiger partial charge in [0.05, 0.1) is 5.52 Å². The first-order chi connectivity index (χ1) is 9.31. The average molecular weight is 249 g/mol. The second-order valence-electron chi connectivity index (χ2n) is 3.83. The van der Waals surface area contributed by atoms with E-state index in [-0.39, 0.29) is 0 Å². The maximum absolute atomic E-state index is 4.33. The average Bonchev–Trinajstić information content (AvgIpc) is 2.47. The summed E-state index contributed by atoms with van der Waals surface area (Å²) < 4.78 is 0. The van der Waals surface area contributed by atoms with Crippen LogP contribution in [0, 0.1) is 0 Å². The lowest BCUT2D eigenvalue weighted by molar-refractivity contribution is 1.41. The van der Waals surface area contributed by atoms with Crippen LogP contribution in [0.2, 0.25) is 0 Å². The molecule has 0 radical (unpaired) electrons. The first-order valence-electron chi connectivity index (χ1n) is 6.14. The van der Waals surface area contributed by atoms with E-state index in [1.165, 1.54) is 10.9 Å². The van der Waals surface area contributed by atoms with E-state index < -0.39 is 0 Å². The van der Waals surface area contributed by atoms with Gasteiger partial charge in [0.2, 0.25) is 0 Å². The zero-order valence-corrected chi connectivity index (χ0v) is 11.3. The standard InChI is InChI=1S/C16H15N.C2H4/c1-3-6-13(2)9-10-14-11-12-17-16-8-5-4-7-15(14)16;1-2/h3-12H,2H2,1H3;1-2H2/b6-3-,10-9+;.